The lowest BCUT2D eigenvalue weighted by Crippen LogP contribution is -2.94. The second kappa shape index (κ2) is 15.9. The monoisotopic (exact) mass is 661 g/mol. The third-order valence-electron chi connectivity index (χ3n) is 12.7. The van der Waals surface area contributed by atoms with Crippen molar-refractivity contribution in [3.63, 3.8) is 0 Å². The number of piperidine rings is 1. The van der Waals surface area contributed by atoms with E-state index in [9.17, 15) is 24.6 Å². The van der Waals surface area contributed by atoms with Gasteiger partial charge in [0.2, 0.25) is 0 Å². The maximum Gasteiger partial charge on any atom is 0.350 e. The summed E-state index contributed by atoms with van der Waals surface area (Å²) >= 11 is 0. The molecular weight excluding hydrogens is 598 g/mol. The maximum atomic E-state index is 14.5. The van der Waals surface area contributed by atoms with E-state index in [4.69, 9.17) is 15.2 Å². The van der Waals surface area contributed by atoms with Crippen LogP contribution in [0.5, 0.6) is 0 Å². The fourth-order valence-electron chi connectivity index (χ4n) is 9.82. The number of epoxide rings is 1. The van der Waals surface area contributed by atoms with Crippen LogP contribution in [0.25, 0.3) is 0 Å². The molecule has 0 radical (unpaired) electrons. The van der Waals surface area contributed by atoms with Crippen molar-refractivity contribution < 1.29 is 44.7 Å². The maximum absolute atomic E-state index is 14.5. The Hall–Kier alpha value is -1.69. The number of rotatable bonds is 15. The number of hydrogen-bond donors (Lipinski definition) is 5. The molecule has 2 saturated heterocycles. The Morgan fingerprint density at radius 2 is 1.81 bits per heavy atom. The molecule has 0 bridgehead atoms. The highest BCUT2D eigenvalue weighted by atomic mass is 16.7. The van der Waals surface area contributed by atoms with Crippen molar-refractivity contribution in [2.45, 2.75) is 147 Å². The number of carbonyl (C=O) groups is 3. The van der Waals surface area contributed by atoms with Gasteiger partial charge in [-0.15, -0.1) is 0 Å². The van der Waals surface area contributed by atoms with Crippen LogP contribution in [-0.4, -0.2) is 83.6 Å². The van der Waals surface area contributed by atoms with Crippen LogP contribution < -0.4 is 16.4 Å². The average Bonchev–Trinajstić information content (AvgIpc) is 3.79. The van der Waals surface area contributed by atoms with Crippen molar-refractivity contribution in [2.75, 3.05) is 26.3 Å². The Morgan fingerprint density at radius 1 is 1.06 bits per heavy atom. The van der Waals surface area contributed by atoms with Crippen molar-refractivity contribution in [3.05, 3.63) is 11.1 Å². The molecule has 266 valence electrons. The lowest BCUT2D eigenvalue weighted by molar-refractivity contribution is -0.699. The van der Waals surface area contributed by atoms with Crippen LogP contribution in [0.15, 0.2) is 11.1 Å². The third kappa shape index (κ3) is 7.29. The van der Waals surface area contributed by atoms with Crippen molar-refractivity contribution in [3.8, 4) is 0 Å². The van der Waals surface area contributed by atoms with Gasteiger partial charge in [-0.1, -0.05) is 31.8 Å². The van der Waals surface area contributed by atoms with Gasteiger partial charge in [0.15, 0.2) is 17.2 Å². The first kappa shape index (κ1) is 36.6. The molecule has 5 fully saturated rings. The Morgan fingerprint density at radius 3 is 2.47 bits per heavy atom. The number of quaternary nitrogens is 2. The SMILES string of the molecule is CC[NH2+][C@H]1CC[C@H](CC)C[C@@H]1[C@H](CCCO)OC(=O)[C@]12O[C@@]1(CC(CO)=C(C)CCC1CC[NH2+]C(N)C1)C(=O)C1CCCCC1C2=O. The standard InChI is InChI=1S/C37H61N3O7/c1-4-24-14-15-30(39-5-2)29(19-24)31(11-8-18-41)46-35(45)37-34(44)28-10-7-6-9-27(28)33(43)36(37,47-37)21-26(22-42)23(3)12-13-25-16-17-40-32(38)20-25/h24-25,27-32,39-42H,4-22,38H2,1-3H3/p+2/t24-,25?,27?,28?,29-,30-,31-,32?,36-,37-/m0/s1. The van der Waals surface area contributed by atoms with E-state index >= 15 is 0 Å². The predicted octanol–water partition coefficient (Wildman–Crippen LogP) is 1.65. The molecular formula is C37H63N3O7+2. The molecule has 0 aromatic rings. The van der Waals surface area contributed by atoms with Gasteiger partial charge in [-0.3, -0.25) is 15.3 Å². The number of nitrogens with two attached hydrogens (primary N) is 3. The molecule has 3 saturated carbocycles. The first-order valence-corrected chi connectivity index (χ1v) is 19.0. The molecule has 0 amide bonds. The summed E-state index contributed by atoms with van der Waals surface area (Å²) in [4.78, 5) is 43.4. The second-order valence-electron chi connectivity index (χ2n) is 15.5. The molecule has 47 heavy (non-hydrogen) atoms. The van der Waals surface area contributed by atoms with Crippen LogP contribution >= 0.6 is 0 Å². The highest BCUT2D eigenvalue weighted by molar-refractivity contribution is 6.23. The molecule has 5 rings (SSSR count). The zero-order valence-corrected chi connectivity index (χ0v) is 29.2. The van der Waals surface area contributed by atoms with Crippen LogP contribution in [0.1, 0.15) is 117 Å². The minimum atomic E-state index is -1.96. The summed E-state index contributed by atoms with van der Waals surface area (Å²) in [5, 5.41) is 24.9. The Kier molecular flexibility index (Phi) is 12.4. The number of hydrogen-bond acceptors (Lipinski definition) is 8. The number of ketones is 2. The quantitative estimate of drug-likeness (QED) is 0.0763. The summed E-state index contributed by atoms with van der Waals surface area (Å²) in [5.41, 5.74) is 4.25. The molecule has 5 aliphatic rings. The molecule has 4 unspecified atom stereocenters. The van der Waals surface area contributed by atoms with E-state index in [2.05, 4.69) is 24.5 Å². The highest BCUT2D eigenvalue weighted by Crippen LogP contribution is 2.62. The van der Waals surface area contributed by atoms with Crippen molar-refractivity contribution >= 4 is 17.5 Å². The summed E-state index contributed by atoms with van der Waals surface area (Å²) < 4.78 is 12.8. The summed E-state index contributed by atoms with van der Waals surface area (Å²) in [6.45, 7) is 7.99. The molecule has 2 heterocycles. The third-order valence-corrected chi connectivity index (χ3v) is 12.7. The van der Waals surface area contributed by atoms with E-state index in [1.165, 1.54) is 0 Å². The van der Waals surface area contributed by atoms with Crippen LogP contribution in [0.3, 0.4) is 0 Å². The number of Topliss-reactive ketones (excluding diaryl/α,β-unsaturated/α-hetero) is 2. The Balaban J connectivity index is 1.43. The predicted molar refractivity (Wildman–Crippen MR) is 177 cm³/mol. The smallest absolute Gasteiger partial charge is 0.350 e. The van der Waals surface area contributed by atoms with Gasteiger partial charge in [-0.2, -0.15) is 0 Å². The van der Waals surface area contributed by atoms with E-state index in [0.29, 0.717) is 43.1 Å². The van der Waals surface area contributed by atoms with Gasteiger partial charge in [-0.25, -0.2) is 4.79 Å². The van der Waals surface area contributed by atoms with Crippen LogP contribution in [0, 0.1) is 29.6 Å². The number of carbonyl (C=O) groups excluding carboxylic acids is 3. The molecule has 0 aromatic heterocycles. The van der Waals surface area contributed by atoms with Gasteiger partial charge in [-0.05, 0) is 95.5 Å². The van der Waals surface area contributed by atoms with Gasteiger partial charge < -0.3 is 30.3 Å². The van der Waals surface area contributed by atoms with Crippen molar-refractivity contribution in [1.82, 2.24) is 0 Å². The highest BCUT2D eigenvalue weighted by Gasteiger charge is 2.87. The second-order valence-corrected chi connectivity index (χ2v) is 15.5. The molecule has 10 nitrogen and oxygen atoms in total. The lowest BCUT2D eigenvalue weighted by Gasteiger charge is -2.40. The minimum Gasteiger partial charge on any atom is -0.459 e. The van der Waals surface area contributed by atoms with Crippen molar-refractivity contribution in [1.29, 1.82) is 0 Å². The van der Waals surface area contributed by atoms with E-state index < -0.39 is 35.1 Å². The number of esters is 1. The minimum absolute atomic E-state index is 0.0120. The lowest BCUT2D eigenvalue weighted by atomic mass is 9.60. The van der Waals surface area contributed by atoms with Crippen LogP contribution in [0.4, 0.5) is 0 Å². The number of aliphatic hydroxyl groups excluding tert-OH is 2. The van der Waals surface area contributed by atoms with Crippen LogP contribution in [-0.2, 0) is 23.9 Å². The fraction of sp³-hybridized carbons (Fsp3) is 0.865. The number of ether oxygens (including phenoxy) is 2. The van der Waals surface area contributed by atoms with Gasteiger partial charge in [0.1, 0.15) is 12.3 Å². The summed E-state index contributed by atoms with van der Waals surface area (Å²) in [5.74, 6) is -1.07. The first-order valence-electron chi connectivity index (χ1n) is 19.0. The zero-order chi connectivity index (χ0) is 33.8. The molecule has 2 aliphatic heterocycles. The molecule has 3 aliphatic carbocycles. The Labute approximate surface area is 281 Å². The summed E-state index contributed by atoms with van der Waals surface area (Å²) in [6, 6.07) is 0.288. The molecule has 0 aromatic carbocycles. The Bertz CT molecular complexity index is 1160. The van der Waals surface area contributed by atoms with E-state index in [1.807, 2.05) is 6.92 Å². The summed E-state index contributed by atoms with van der Waals surface area (Å²) in [6.07, 6.45) is 11.5. The van der Waals surface area contributed by atoms with Gasteiger partial charge >= 0.3 is 5.97 Å². The van der Waals surface area contributed by atoms with Crippen LogP contribution in [0.2, 0.25) is 0 Å². The molecule has 8 N–H and O–H groups in total. The van der Waals surface area contributed by atoms with E-state index in [0.717, 1.165) is 82.9 Å². The number of fused-ring (bicyclic) bond motifs is 2. The van der Waals surface area contributed by atoms with E-state index in [1.54, 1.807) is 0 Å². The summed E-state index contributed by atoms with van der Waals surface area (Å²) in [7, 11) is 0. The van der Waals surface area contributed by atoms with Crippen molar-refractivity contribution in [2.24, 2.45) is 35.3 Å². The number of aliphatic hydroxyl groups is 2. The number of allylic oxidation sites excluding steroid dienone is 1. The topological polar surface area (TPSA) is 173 Å². The van der Waals surface area contributed by atoms with Gasteiger partial charge in [0, 0.05) is 37.2 Å². The average molecular weight is 662 g/mol. The molecule has 0 spiro atoms. The van der Waals surface area contributed by atoms with Gasteiger partial charge in [0.25, 0.3) is 5.60 Å². The largest absolute Gasteiger partial charge is 0.459 e. The molecule has 10 atom stereocenters. The van der Waals surface area contributed by atoms with E-state index in [-0.39, 0.29) is 49.3 Å². The normalized spacial score (nSPS) is 38.2. The van der Waals surface area contributed by atoms with Gasteiger partial charge in [0.05, 0.1) is 25.7 Å². The zero-order valence-electron chi connectivity index (χ0n) is 29.2. The first-order chi connectivity index (χ1) is 22.6. The molecule has 10 heteroatoms. The fourth-order valence-corrected chi connectivity index (χ4v) is 9.82.